The Labute approximate surface area is 172 Å². The molecule has 0 aliphatic heterocycles. The van der Waals surface area contributed by atoms with Crippen LogP contribution < -0.4 is 0 Å². The van der Waals surface area contributed by atoms with Gasteiger partial charge in [0.25, 0.3) is 5.69 Å². The number of nitrogens with zero attached hydrogens (tertiary/aromatic N) is 3. The Bertz CT molecular complexity index is 1130. The minimum atomic E-state index is -0.606. The number of aryl methyl sites for hydroxylation is 1. The predicted octanol–water partition coefficient (Wildman–Crippen LogP) is 4.16. The lowest BCUT2D eigenvalue weighted by Crippen LogP contribution is -2.08. The van der Waals surface area contributed by atoms with Gasteiger partial charge in [-0.05, 0) is 38.1 Å². The van der Waals surface area contributed by atoms with Crippen LogP contribution in [0.25, 0.3) is 11.8 Å². The van der Waals surface area contributed by atoms with E-state index in [2.05, 4.69) is 5.10 Å². The van der Waals surface area contributed by atoms with Crippen LogP contribution in [-0.4, -0.2) is 33.1 Å². The number of carbonyl (C=O) groups is 2. The fraction of sp³-hybridized carbons (Fsp3) is 0.136. The third-order valence-corrected chi connectivity index (χ3v) is 4.34. The summed E-state index contributed by atoms with van der Waals surface area (Å²) >= 11 is 0. The summed E-state index contributed by atoms with van der Waals surface area (Å²) in [7, 11) is 0. The molecule has 1 heterocycles. The zero-order chi connectivity index (χ0) is 21.7. The second-order valence-electron chi connectivity index (χ2n) is 6.39. The number of allylic oxidation sites excluding steroid dienone is 1. The topological polar surface area (TPSA) is 104 Å². The van der Waals surface area contributed by atoms with Crippen molar-refractivity contribution in [2.45, 2.75) is 13.8 Å². The van der Waals surface area contributed by atoms with Crippen molar-refractivity contribution >= 4 is 23.5 Å². The molecule has 30 heavy (non-hydrogen) atoms. The maximum atomic E-state index is 12.5. The molecule has 3 aromatic rings. The van der Waals surface area contributed by atoms with Crippen molar-refractivity contribution in [2.75, 3.05) is 6.61 Å². The summed E-state index contributed by atoms with van der Waals surface area (Å²) in [4.78, 5) is 35.4. The fourth-order valence-electron chi connectivity index (χ4n) is 2.80. The van der Waals surface area contributed by atoms with Crippen molar-refractivity contribution in [3.8, 4) is 5.69 Å². The highest BCUT2D eigenvalue weighted by Gasteiger charge is 2.18. The van der Waals surface area contributed by atoms with Crippen LogP contribution in [-0.2, 0) is 4.74 Å². The first-order chi connectivity index (χ1) is 14.4. The van der Waals surface area contributed by atoms with Crippen molar-refractivity contribution < 1.29 is 19.2 Å². The Balaban J connectivity index is 1.94. The SMILES string of the molecule is CCOC(=O)c1nn(-c2ccccc2)cc1/C=C/C(=O)c1ccc(C)c([N+](=O)[O-])c1. The van der Waals surface area contributed by atoms with Crippen molar-refractivity contribution in [2.24, 2.45) is 0 Å². The molecule has 0 saturated carbocycles. The first-order valence-corrected chi connectivity index (χ1v) is 9.20. The zero-order valence-corrected chi connectivity index (χ0v) is 16.4. The van der Waals surface area contributed by atoms with Crippen molar-refractivity contribution in [1.82, 2.24) is 9.78 Å². The van der Waals surface area contributed by atoms with Gasteiger partial charge in [-0.1, -0.05) is 30.3 Å². The number of carbonyl (C=O) groups excluding carboxylic acids is 2. The summed E-state index contributed by atoms with van der Waals surface area (Å²) in [5, 5.41) is 15.4. The van der Waals surface area contributed by atoms with Gasteiger partial charge in [-0.3, -0.25) is 14.9 Å². The van der Waals surface area contributed by atoms with Gasteiger partial charge in [0, 0.05) is 29.0 Å². The van der Waals surface area contributed by atoms with Gasteiger partial charge in [0.05, 0.1) is 17.2 Å². The van der Waals surface area contributed by atoms with Crippen LogP contribution in [0.4, 0.5) is 5.69 Å². The molecule has 152 valence electrons. The Kier molecular flexibility index (Phi) is 6.17. The van der Waals surface area contributed by atoms with E-state index in [0.29, 0.717) is 11.1 Å². The van der Waals surface area contributed by atoms with Crippen molar-refractivity contribution in [1.29, 1.82) is 0 Å². The molecule has 8 heteroatoms. The van der Waals surface area contributed by atoms with Gasteiger partial charge >= 0.3 is 5.97 Å². The lowest BCUT2D eigenvalue weighted by Gasteiger charge is -2.00. The van der Waals surface area contributed by atoms with E-state index >= 15 is 0 Å². The molecule has 1 aromatic heterocycles. The summed E-state index contributed by atoms with van der Waals surface area (Å²) in [6.45, 7) is 3.48. The van der Waals surface area contributed by atoms with Gasteiger partial charge in [-0.2, -0.15) is 5.10 Å². The molecule has 0 saturated heterocycles. The molecule has 0 atom stereocenters. The monoisotopic (exact) mass is 405 g/mol. The summed E-state index contributed by atoms with van der Waals surface area (Å²) in [6, 6.07) is 13.5. The first kappa shape index (κ1) is 20.7. The Morgan fingerprint density at radius 2 is 1.93 bits per heavy atom. The number of ketones is 1. The minimum Gasteiger partial charge on any atom is -0.461 e. The van der Waals surface area contributed by atoms with Gasteiger partial charge in [0.1, 0.15) is 0 Å². The molecule has 3 rings (SSSR count). The second kappa shape index (κ2) is 8.95. The number of nitro benzene ring substituents is 1. The third kappa shape index (κ3) is 4.49. The highest BCUT2D eigenvalue weighted by molar-refractivity contribution is 6.07. The number of ether oxygens (including phenoxy) is 1. The molecule has 0 amide bonds. The number of hydrogen-bond donors (Lipinski definition) is 0. The largest absolute Gasteiger partial charge is 0.461 e. The summed E-state index contributed by atoms with van der Waals surface area (Å²) < 4.78 is 6.58. The number of rotatable bonds is 7. The van der Waals surface area contributed by atoms with E-state index in [1.165, 1.54) is 35.0 Å². The van der Waals surface area contributed by atoms with Crippen molar-refractivity contribution in [3.63, 3.8) is 0 Å². The van der Waals surface area contributed by atoms with Crippen LogP contribution in [0.5, 0.6) is 0 Å². The van der Waals surface area contributed by atoms with Crippen LogP contribution in [0.15, 0.2) is 60.8 Å². The number of benzene rings is 2. The third-order valence-electron chi connectivity index (χ3n) is 4.34. The normalized spacial score (nSPS) is 10.9. The van der Waals surface area contributed by atoms with E-state index in [9.17, 15) is 19.7 Å². The highest BCUT2D eigenvalue weighted by Crippen LogP contribution is 2.21. The Morgan fingerprint density at radius 3 is 2.60 bits per heavy atom. The van der Waals surface area contributed by atoms with Gasteiger partial charge in [-0.25, -0.2) is 9.48 Å². The second-order valence-corrected chi connectivity index (χ2v) is 6.39. The average molecular weight is 405 g/mol. The van der Waals surface area contributed by atoms with E-state index in [-0.39, 0.29) is 23.6 Å². The fourth-order valence-corrected chi connectivity index (χ4v) is 2.80. The van der Waals surface area contributed by atoms with Crippen LogP contribution in [0, 0.1) is 17.0 Å². The number of esters is 1. The molecule has 0 bridgehead atoms. The van der Waals surface area contributed by atoms with Crippen LogP contribution in [0.2, 0.25) is 0 Å². The first-order valence-electron chi connectivity index (χ1n) is 9.20. The zero-order valence-electron chi connectivity index (χ0n) is 16.4. The lowest BCUT2D eigenvalue weighted by atomic mass is 10.1. The molecular weight excluding hydrogens is 386 g/mol. The standard InChI is InChI=1S/C22H19N3O5/c1-3-30-22(27)21-17(14-24(23-21)18-7-5-4-6-8-18)11-12-20(26)16-10-9-15(2)19(13-16)25(28)29/h4-14H,3H2,1-2H3/b12-11+. The number of hydrogen-bond acceptors (Lipinski definition) is 6. The number of aromatic nitrogens is 2. The smallest absolute Gasteiger partial charge is 0.359 e. The van der Waals surface area contributed by atoms with E-state index in [1.807, 2.05) is 30.3 Å². The molecule has 0 aliphatic rings. The maximum Gasteiger partial charge on any atom is 0.359 e. The van der Waals surface area contributed by atoms with Crippen molar-refractivity contribution in [3.05, 3.63) is 93.3 Å². The van der Waals surface area contributed by atoms with E-state index in [1.54, 1.807) is 20.0 Å². The molecule has 0 aliphatic carbocycles. The van der Waals surface area contributed by atoms with Crippen LogP contribution in [0.1, 0.15) is 38.9 Å². The van der Waals surface area contributed by atoms with E-state index in [0.717, 1.165) is 5.69 Å². The van der Waals surface area contributed by atoms with E-state index in [4.69, 9.17) is 4.74 Å². The van der Waals surface area contributed by atoms with Crippen LogP contribution >= 0.6 is 0 Å². The quantitative estimate of drug-likeness (QED) is 0.192. The minimum absolute atomic E-state index is 0.0691. The summed E-state index contributed by atoms with van der Waals surface area (Å²) in [5.41, 5.74) is 1.72. The molecule has 0 N–H and O–H groups in total. The number of para-hydroxylation sites is 1. The average Bonchev–Trinajstić information content (AvgIpc) is 3.17. The van der Waals surface area contributed by atoms with Gasteiger partial charge in [0.2, 0.25) is 0 Å². The van der Waals surface area contributed by atoms with Gasteiger partial charge in [0.15, 0.2) is 11.5 Å². The predicted molar refractivity (Wildman–Crippen MR) is 111 cm³/mol. The van der Waals surface area contributed by atoms with Crippen LogP contribution in [0.3, 0.4) is 0 Å². The van der Waals surface area contributed by atoms with Gasteiger partial charge in [-0.15, -0.1) is 0 Å². The number of nitro groups is 1. The lowest BCUT2D eigenvalue weighted by molar-refractivity contribution is -0.385. The summed E-state index contributed by atoms with van der Waals surface area (Å²) in [6.07, 6.45) is 4.32. The molecular formula is C22H19N3O5. The Hall–Kier alpha value is -4.07. The Morgan fingerprint density at radius 1 is 1.20 bits per heavy atom. The molecule has 0 radical (unpaired) electrons. The maximum absolute atomic E-state index is 12.5. The molecule has 0 spiro atoms. The highest BCUT2D eigenvalue weighted by atomic mass is 16.6. The molecule has 2 aromatic carbocycles. The summed E-state index contributed by atoms with van der Waals surface area (Å²) in [5.74, 6) is -1.04. The van der Waals surface area contributed by atoms with Gasteiger partial charge < -0.3 is 4.74 Å². The molecule has 0 fully saturated rings. The molecule has 0 unspecified atom stereocenters. The molecule has 8 nitrogen and oxygen atoms in total. The van der Waals surface area contributed by atoms with E-state index < -0.39 is 16.7 Å².